The third-order valence-electron chi connectivity index (χ3n) is 3.34. The standard InChI is InChI=1S/C12H16O2/c1-12(5-4-11(14)8-12)7-9-2-3-10(13)6-9/h6H,2-5,7-8H2,1H3/t12-/m0/s1. The fraction of sp³-hybridized carbons (Fsp3) is 0.667. The van der Waals surface area contributed by atoms with Gasteiger partial charge in [-0.1, -0.05) is 12.5 Å². The van der Waals surface area contributed by atoms with E-state index in [0.717, 1.165) is 25.7 Å². The van der Waals surface area contributed by atoms with Crippen LogP contribution in [0.15, 0.2) is 11.6 Å². The molecule has 76 valence electrons. The van der Waals surface area contributed by atoms with Gasteiger partial charge in [0, 0.05) is 19.3 Å². The first-order valence-corrected chi connectivity index (χ1v) is 5.31. The van der Waals surface area contributed by atoms with Gasteiger partial charge in [0.25, 0.3) is 0 Å². The van der Waals surface area contributed by atoms with Crippen LogP contribution in [0.3, 0.4) is 0 Å². The Hall–Kier alpha value is -0.920. The molecule has 0 aliphatic heterocycles. The van der Waals surface area contributed by atoms with E-state index in [0.29, 0.717) is 18.6 Å². The van der Waals surface area contributed by atoms with Crippen molar-refractivity contribution in [2.75, 3.05) is 0 Å². The van der Waals surface area contributed by atoms with Gasteiger partial charge in [0.15, 0.2) is 5.78 Å². The van der Waals surface area contributed by atoms with E-state index < -0.39 is 0 Å². The second kappa shape index (κ2) is 3.34. The minimum atomic E-state index is 0.146. The molecule has 1 atom stereocenters. The lowest BCUT2D eigenvalue weighted by Gasteiger charge is -2.22. The number of ketones is 2. The Kier molecular flexibility index (Phi) is 2.30. The monoisotopic (exact) mass is 192 g/mol. The summed E-state index contributed by atoms with van der Waals surface area (Å²) in [7, 11) is 0. The van der Waals surface area contributed by atoms with Crippen molar-refractivity contribution in [2.24, 2.45) is 5.41 Å². The van der Waals surface area contributed by atoms with Gasteiger partial charge in [-0.15, -0.1) is 0 Å². The molecule has 0 bridgehead atoms. The molecular weight excluding hydrogens is 176 g/mol. The summed E-state index contributed by atoms with van der Waals surface area (Å²) >= 11 is 0. The Morgan fingerprint density at radius 3 is 2.57 bits per heavy atom. The molecular formula is C12H16O2. The van der Waals surface area contributed by atoms with Crippen LogP contribution in [0.1, 0.15) is 45.4 Å². The number of carbonyl (C=O) groups is 2. The fourth-order valence-corrected chi connectivity index (χ4v) is 2.59. The minimum Gasteiger partial charge on any atom is -0.300 e. The van der Waals surface area contributed by atoms with Crippen molar-refractivity contribution >= 4 is 11.6 Å². The van der Waals surface area contributed by atoms with E-state index in [4.69, 9.17) is 0 Å². The van der Waals surface area contributed by atoms with Crippen molar-refractivity contribution in [3.8, 4) is 0 Å². The fourth-order valence-electron chi connectivity index (χ4n) is 2.59. The first-order valence-electron chi connectivity index (χ1n) is 5.31. The van der Waals surface area contributed by atoms with Gasteiger partial charge in [0.1, 0.15) is 5.78 Å². The van der Waals surface area contributed by atoms with Crippen molar-refractivity contribution in [1.29, 1.82) is 0 Å². The Labute approximate surface area is 84.4 Å². The van der Waals surface area contributed by atoms with Gasteiger partial charge in [-0.05, 0) is 30.8 Å². The van der Waals surface area contributed by atoms with Gasteiger partial charge in [-0.2, -0.15) is 0 Å². The lowest BCUT2D eigenvalue weighted by atomic mass is 9.82. The maximum atomic E-state index is 11.2. The maximum absolute atomic E-state index is 11.2. The second-order valence-corrected chi connectivity index (χ2v) is 4.97. The molecule has 0 aromatic rings. The van der Waals surface area contributed by atoms with E-state index in [9.17, 15) is 9.59 Å². The summed E-state index contributed by atoms with van der Waals surface area (Å²) in [5.41, 5.74) is 1.40. The first kappa shape index (κ1) is 9.63. The van der Waals surface area contributed by atoms with E-state index in [2.05, 4.69) is 6.92 Å². The molecule has 0 spiro atoms. The highest BCUT2D eigenvalue weighted by atomic mass is 16.1. The van der Waals surface area contributed by atoms with Gasteiger partial charge < -0.3 is 0 Å². The molecule has 0 heterocycles. The van der Waals surface area contributed by atoms with Gasteiger partial charge >= 0.3 is 0 Å². The predicted molar refractivity (Wildman–Crippen MR) is 53.9 cm³/mol. The zero-order valence-electron chi connectivity index (χ0n) is 8.64. The number of carbonyl (C=O) groups excluding carboxylic acids is 2. The smallest absolute Gasteiger partial charge is 0.155 e. The van der Waals surface area contributed by atoms with Crippen LogP contribution in [0.25, 0.3) is 0 Å². The molecule has 2 nitrogen and oxygen atoms in total. The van der Waals surface area contributed by atoms with Gasteiger partial charge in [0.05, 0.1) is 0 Å². The van der Waals surface area contributed by atoms with E-state index in [1.165, 1.54) is 5.57 Å². The zero-order valence-corrected chi connectivity index (χ0v) is 8.64. The van der Waals surface area contributed by atoms with E-state index in [1.54, 1.807) is 6.08 Å². The van der Waals surface area contributed by atoms with Crippen molar-refractivity contribution < 1.29 is 9.59 Å². The normalized spacial score (nSPS) is 32.5. The summed E-state index contributed by atoms with van der Waals surface area (Å²) < 4.78 is 0. The molecule has 2 heteroatoms. The summed E-state index contributed by atoms with van der Waals surface area (Å²) in [6.07, 6.45) is 6.77. The highest BCUT2D eigenvalue weighted by molar-refractivity contribution is 5.93. The summed E-state index contributed by atoms with van der Waals surface area (Å²) in [6.45, 7) is 2.17. The number of allylic oxidation sites excluding steroid dienone is 2. The summed E-state index contributed by atoms with van der Waals surface area (Å²) in [5, 5.41) is 0. The van der Waals surface area contributed by atoms with Crippen LogP contribution in [0.4, 0.5) is 0 Å². The molecule has 0 radical (unpaired) electrons. The topological polar surface area (TPSA) is 34.1 Å². The van der Waals surface area contributed by atoms with E-state index in [-0.39, 0.29) is 11.2 Å². The average molecular weight is 192 g/mol. The summed E-state index contributed by atoms with van der Waals surface area (Å²) in [4.78, 5) is 22.3. The van der Waals surface area contributed by atoms with Crippen LogP contribution in [0.2, 0.25) is 0 Å². The first-order chi connectivity index (χ1) is 6.57. The molecule has 0 unspecified atom stereocenters. The number of rotatable bonds is 2. The Morgan fingerprint density at radius 2 is 2.07 bits per heavy atom. The molecule has 14 heavy (non-hydrogen) atoms. The molecule has 0 saturated heterocycles. The number of Topliss-reactive ketones (excluding diaryl/α,β-unsaturated/α-hetero) is 1. The van der Waals surface area contributed by atoms with Crippen LogP contribution >= 0.6 is 0 Å². The van der Waals surface area contributed by atoms with Crippen LogP contribution in [0.5, 0.6) is 0 Å². The molecule has 2 aliphatic rings. The molecule has 2 aliphatic carbocycles. The molecule has 2 rings (SSSR count). The predicted octanol–water partition coefficient (Wildman–Crippen LogP) is 2.43. The second-order valence-electron chi connectivity index (χ2n) is 4.97. The average Bonchev–Trinajstić information content (AvgIpc) is 2.60. The highest BCUT2D eigenvalue weighted by Crippen LogP contribution is 2.42. The minimum absolute atomic E-state index is 0.146. The zero-order chi connectivity index (χ0) is 10.2. The van der Waals surface area contributed by atoms with Crippen molar-refractivity contribution in [3.05, 3.63) is 11.6 Å². The molecule has 1 saturated carbocycles. The molecule has 0 N–H and O–H groups in total. The van der Waals surface area contributed by atoms with Crippen LogP contribution in [-0.2, 0) is 9.59 Å². The highest BCUT2D eigenvalue weighted by Gasteiger charge is 2.35. The van der Waals surface area contributed by atoms with Crippen LogP contribution in [-0.4, -0.2) is 11.6 Å². The SMILES string of the molecule is C[C@@]1(CC2=CC(=O)CC2)CCC(=O)C1. The maximum Gasteiger partial charge on any atom is 0.155 e. The van der Waals surface area contributed by atoms with Crippen molar-refractivity contribution in [1.82, 2.24) is 0 Å². The van der Waals surface area contributed by atoms with E-state index >= 15 is 0 Å². The van der Waals surface area contributed by atoms with Gasteiger partial charge in [0.2, 0.25) is 0 Å². The molecule has 0 aromatic carbocycles. The van der Waals surface area contributed by atoms with Gasteiger partial charge in [-0.3, -0.25) is 9.59 Å². The molecule has 0 amide bonds. The van der Waals surface area contributed by atoms with Crippen LogP contribution < -0.4 is 0 Å². The lowest BCUT2D eigenvalue weighted by molar-refractivity contribution is -0.118. The van der Waals surface area contributed by atoms with E-state index in [1.807, 2.05) is 0 Å². The third kappa shape index (κ3) is 1.94. The lowest BCUT2D eigenvalue weighted by Crippen LogP contribution is -2.12. The van der Waals surface area contributed by atoms with Gasteiger partial charge in [-0.25, -0.2) is 0 Å². The summed E-state index contributed by atoms with van der Waals surface area (Å²) in [6, 6.07) is 0. The largest absolute Gasteiger partial charge is 0.300 e. The molecule has 0 aromatic heterocycles. The Morgan fingerprint density at radius 1 is 1.29 bits per heavy atom. The third-order valence-corrected chi connectivity index (χ3v) is 3.34. The summed E-state index contributed by atoms with van der Waals surface area (Å²) in [5.74, 6) is 0.644. The Bertz CT molecular complexity index is 314. The van der Waals surface area contributed by atoms with Crippen LogP contribution in [0, 0.1) is 5.41 Å². The van der Waals surface area contributed by atoms with Crippen molar-refractivity contribution in [3.63, 3.8) is 0 Å². The quantitative estimate of drug-likeness (QED) is 0.673. The molecule has 1 fully saturated rings. The number of hydrogen-bond acceptors (Lipinski definition) is 2. The Balaban J connectivity index is 2.00. The van der Waals surface area contributed by atoms with Crippen molar-refractivity contribution in [2.45, 2.75) is 45.4 Å². The number of hydrogen-bond donors (Lipinski definition) is 0.